The van der Waals surface area contributed by atoms with Crippen molar-refractivity contribution in [3.8, 4) is 0 Å². The molecule has 4 heteroatoms. The highest BCUT2D eigenvalue weighted by Gasteiger charge is 2.21. The van der Waals surface area contributed by atoms with Crippen molar-refractivity contribution >= 4 is 45.0 Å². The predicted molar refractivity (Wildman–Crippen MR) is 84.1 cm³/mol. The van der Waals surface area contributed by atoms with Crippen molar-refractivity contribution in [3.05, 3.63) is 59.0 Å². The van der Waals surface area contributed by atoms with Gasteiger partial charge in [0, 0.05) is 0 Å². The van der Waals surface area contributed by atoms with Crippen molar-refractivity contribution in [3.63, 3.8) is 0 Å². The number of benzene rings is 2. The standard InChI is InChI=1S/C15H11NOS2/c17-14-13(19-15(18)16-14)8-6-10-5-7-11-3-1-2-4-12(11)9-10/h1-5,7-9H,6H2,(H,16,17,18). The molecule has 0 atom stereocenters. The van der Waals surface area contributed by atoms with E-state index in [-0.39, 0.29) is 5.91 Å². The zero-order valence-corrected chi connectivity index (χ0v) is 11.7. The first-order valence-electron chi connectivity index (χ1n) is 5.93. The molecule has 3 rings (SSSR count). The summed E-state index contributed by atoms with van der Waals surface area (Å²) in [4.78, 5) is 12.2. The molecule has 1 N–H and O–H groups in total. The van der Waals surface area contributed by atoms with Crippen molar-refractivity contribution in [2.75, 3.05) is 0 Å². The molecule has 1 heterocycles. The van der Waals surface area contributed by atoms with Gasteiger partial charge in [-0.15, -0.1) is 0 Å². The minimum atomic E-state index is -0.0872. The van der Waals surface area contributed by atoms with Gasteiger partial charge in [-0.3, -0.25) is 4.79 Å². The van der Waals surface area contributed by atoms with Crippen molar-refractivity contribution < 1.29 is 4.79 Å². The second kappa shape index (κ2) is 5.15. The lowest BCUT2D eigenvalue weighted by Crippen LogP contribution is -2.17. The monoisotopic (exact) mass is 285 g/mol. The normalized spacial score (nSPS) is 17.2. The number of thioether (sulfide) groups is 1. The van der Waals surface area contributed by atoms with Crippen molar-refractivity contribution in [2.24, 2.45) is 0 Å². The SMILES string of the molecule is O=C1NC(=S)SC1=CCc1ccc2ccccc2c1. The summed E-state index contributed by atoms with van der Waals surface area (Å²) in [5.41, 5.74) is 1.19. The number of carbonyl (C=O) groups is 1. The number of hydrogen-bond acceptors (Lipinski definition) is 3. The maximum absolute atomic E-state index is 11.5. The molecule has 1 aliphatic rings. The van der Waals surface area contributed by atoms with Gasteiger partial charge in [0.2, 0.25) is 0 Å². The molecule has 0 unspecified atom stereocenters. The Labute approximate surface area is 120 Å². The lowest BCUT2D eigenvalue weighted by Gasteiger charge is -2.01. The maximum Gasteiger partial charge on any atom is 0.263 e. The summed E-state index contributed by atoms with van der Waals surface area (Å²) in [7, 11) is 0. The van der Waals surface area contributed by atoms with Crippen LogP contribution in [-0.2, 0) is 11.2 Å². The van der Waals surface area contributed by atoms with Crippen LogP contribution >= 0.6 is 24.0 Å². The van der Waals surface area contributed by atoms with E-state index in [0.717, 1.165) is 6.42 Å². The third-order valence-corrected chi connectivity index (χ3v) is 4.19. The second-order valence-electron chi connectivity index (χ2n) is 4.30. The number of allylic oxidation sites excluding steroid dienone is 1. The smallest absolute Gasteiger partial charge is 0.263 e. The van der Waals surface area contributed by atoms with Crippen LogP contribution in [0.1, 0.15) is 5.56 Å². The van der Waals surface area contributed by atoms with Crippen LogP contribution in [0, 0.1) is 0 Å². The zero-order chi connectivity index (χ0) is 13.2. The molecular formula is C15H11NOS2. The zero-order valence-electron chi connectivity index (χ0n) is 10.1. The largest absolute Gasteiger partial charge is 0.307 e. The first kappa shape index (κ1) is 12.4. The van der Waals surface area contributed by atoms with Gasteiger partial charge in [-0.05, 0) is 22.8 Å². The lowest BCUT2D eigenvalue weighted by molar-refractivity contribution is -0.115. The predicted octanol–water partition coefficient (Wildman–Crippen LogP) is 3.41. The van der Waals surface area contributed by atoms with E-state index in [1.807, 2.05) is 18.2 Å². The van der Waals surface area contributed by atoms with E-state index in [1.54, 1.807) is 0 Å². The number of hydrogen-bond donors (Lipinski definition) is 1. The molecule has 94 valence electrons. The summed E-state index contributed by atoms with van der Waals surface area (Å²) in [6, 6.07) is 14.6. The van der Waals surface area contributed by atoms with Crippen LogP contribution in [0.25, 0.3) is 10.8 Å². The van der Waals surface area contributed by atoms with Gasteiger partial charge in [0.15, 0.2) is 0 Å². The van der Waals surface area contributed by atoms with Gasteiger partial charge in [-0.25, -0.2) is 0 Å². The van der Waals surface area contributed by atoms with E-state index in [0.29, 0.717) is 9.23 Å². The van der Waals surface area contributed by atoms with Gasteiger partial charge in [0.05, 0.1) is 4.91 Å². The lowest BCUT2D eigenvalue weighted by atomic mass is 10.1. The van der Waals surface area contributed by atoms with Crippen LogP contribution in [-0.4, -0.2) is 10.2 Å². The minimum absolute atomic E-state index is 0.0872. The summed E-state index contributed by atoms with van der Waals surface area (Å²) < 4.78 is 0.537. The molecule has 2 aromatic rings. The summed E-state index contributed by atoms with van der Waals surface area (Å²) in [6.07, 6.45) is 2.67. The highest BCUT2D eigenvalue weighted by molar-refractivity contribution is 8.26. The summed E-state index contributed by atoms with van der Waals surface area (Å²) in [5, 5.41) is 5.07. The van der Waals surface area contributed by atoms with Crippen LogP contribution in [0.4, 0.5) is 0 Å². The maximum atomic E-state index is 11.5. The highest BCUT2D eigenvalue weighted by atomic mass is 32.2. The summed E-state index contributed by atoms with van der Waals surface area (Å²) >= 11 is 6.29. The topological polar surface area (TPSA) is 29.1 Å². The fourth-order valence-electron chi connectivity index (χ4n) is 2.04. The number of fused-ring (bicyclic) bond motifs is 1. The molecule has 2 aromatic carbocycles. The molecule has 1 amide bonds. The van der Waals surface area contributed by atoms with Gasteiger partial charge in [0.25, 0.3) is 5.91 Å². The number of carbonyl (C=O) groups excluding carboxylic acids is 1. The van der Waals surface area contributed by atoms with Gasteiger partial charge in [0.1, 0.15) is 4.32 Å². The Kier molecular flexibility index (Phi) is 3.36. The van der Waals surface area contributed by atoms with E-state index in [1.165, 1.54) is 28.1 Å². The quantitative estimate of drug-likeness (QED) is 0.677. The molecule has 0 bridgehead atoms. The van der Waals surface area contributed by atoms with Gasteiger partial charge in [-0.2, -0.15) is 0 Å². The highest BCUT2D eigenvalue weighted by Crippen LogP contribution is 2.24. The number of thiocarbonyl (C=S) groups is 1. The first-order chi connectivity index (χ1) is 9.22. The van der Waals surface area contributed by atoms with E-state index < -0.39 is 0 Å². The third kappa shape index (κ3) is 2.69. The molecule has 0 spiro atoms. The van der Waals surface area contributed by atoms with Crippen LogP contribution in [0.5, 0.6) is 0 Å². The van der Waals surface area contributed by atoms with Gasteiger partial charge >= 0.3 is 0 Å². The average molecular weight is 285 g/mol. The minimum Gasteiger partial charge on any atom is -0.307 e. The summed E-state index contributed by atoms with van der Waals surface area (Å²) in [6.45, 7) is 0. The molecule has 0 radical (unpaired) electrons. The number of amides is 1. The third-order valence-electron chi connectivity index (χ3n) is 2.98. The molecule has 1 fully saturated rings. The average Bonchev–Trinajstić information content (AvgIpc) is 2.74. The van der Waals surface area contributed by atoms with Crippen LogP contribution in [0.3, 0.4) is 0 Å². The van der Waals surface area contributed by atoms with Gasteiger partial charge < -0.3 is 5.32 Å². The van der Waals surface area contributed by atoms with E-state index in [9.17, 15) is 4.79 Å². The van der Waals surface area contributed by atoms with Gasteiger partial charge in [-0.1, -0.05) is 72.5 Å². The van der Waals surface area contributed by atoms with E-state index >= 15 is 0 Å². The Morgan fingerprint density at radius 2 is 1.95 bits per heavy atom. The molecule has 0 aliphatic carbocycles. The van der Waals surface area contributed by atoms with Crippen LogP contribution in [0.2, 0.25) is 0 Å². The molecule has 19 heavy (non-hydrogen) atoms. The van der Waals surface area contributed by atoms with E-state index in [4.69, 9.17) is 12.2 Å². The fraction of sp³-hybridized carbons (Fsp3) is 0.0667. The van der Waals surface area contributed by atoms with Crippen molar-refractivity contribution in [2.45, 2.75) is 6.42 Å². The van der Waals surface area contributed by atoms with Crippen LogP contribution < -0.4 is 5.32 Å². The Balaban J connectivity index is 1.84. The first-order valence-corrected chi connectivity index (χ1v) is 7.16. The Morgan fingerprint density at radius 1 is 1.16 bits per heavy atom. The number of nitrogens with one attached hydrogen (secondary N) is 1. The number of rotatable bonds is 2. The Hall–Kier alpha value is -1.65. The van der Waals surface area contributed by atoms with Crippen molar-refractivity contribution in [1.29, 1.82) is 0 Å². The van der Waals surface area contributed by atoms with Crippen LogP contribution in [0.15, 0.2) is 53.4 Å². The van der Waals surface area contributed by atoms with E-state index in [2.05, 4.69) is 35.6 Å². The molecule has 1 aliphatic heterocycles. The molecule has 0 saturated carbocycles. The Bertz CT molecular complexity index is 706. The second-order valence-corrected chi connectivity index (χ2v) is 6.02. The Morgan fingerprint density at radius 3 is 2.68 bits per heavy atom. The molecular weight excluding hydrogens is 274 g/mol. The fourth-order valence-corrected chi connectivity index (χ4v) is 3.05. The van der Waals surface area contributed by atoms with Crippen molar-refractivity contribution in [1.82, 2.24) is 5.32 Å². The molecule has 0 aromatic heterocycles. The molecule has 1 saturated heterocycles. The summed E-state index contributed by atoms with van der Waals surface area (Å²) in [5.74, 6) is -0.0872. The molecule has 2 nitrogen and oxygen atoms in total.